The summed E-state index contributed by atoms with van der Waals surface area (Å²) in [6, 6.07) is 5.94. The van der Waals surface area contributed by atoms with Crippen molar-refractivity contribution in [3.63, 3.8) is 0 Å². The van der Waals surface area contributed by atoms with Crippen LogP contribution in [0, 0.1) is 11.7 Å². The average Bonchev–Trinajstić information content (AvgIpc) is 2.86. The van der Waals surface area contributed by atoms with Crippen LogP contribution in [0.4, 0.5) is 25.0 Å². The number of hydrogen-bond acceptors (Lipinski definition) is 6. The smallest absolute Gasteiger partial charge is 0.407 e. The lowest BCUT2D eigenvalue weighted by Gasteiger charge is -2.35. The van der Waals surface area contributed by atoms with Crippen molar-refractivity contribution in [1.29, 1.82) is 0 Å². The summed E-state index contributed by atoms with van der Waals surface area (Å²) >= 11 is 0. The number of benzene rings is 1. The SMILES string of the molecule is C[C@@H]1C[C@H](NC(=O)OC(C)(C)C)C[C@H](c2ccncc2NC(=O)c2ccc(F)c3cc(NCCF)cnc23)C1. The molecule has 0 spiro atoms. The normalized spacial score (nSPS) is 19.4. The van der Waals surface area contributed by atoms with E-state index in [2.05, 4.69) is 32.8 Å². The molecule has 1 fully saturated rings. The van der Waals surface area contributed by atoms with Crippen LogP contribution in [-0.4, -0.2) is 46.8 Å². The molecule has 3 aromatic rings. The topological polar surface area (TPSA) is 105 Å². The Kier molecular flexibility index (Phi) is 8.62. The summed E-state index contributed by atoms with van der Waals surface area (Å²) in [5, 5.41) is 8.94. The number of alkyl carbamates (subject to hydrolysis) is 1. The number of carbonyl (C=O) groups excluding carboxylic acids is 2. The minimum Gasteiger partial charge on any atom is -0.444 e. The number of ether oxygens (including phenoxy) is 1. The Hall–Kier alpha value is -3.82. The Morgan fingerprint density at radius 3 is 2.67 bits per heavy atom. The van der Waals surface area contributed by atoms with E-state index < -0.39 is 30.1 Å². The molecule has 8 nitrogen and oxygen atoms in total. The third-order valence-electron chi connectivity index (χ3n) is 6.67. The second-order valence-corrected chi connectivity index (χ2v) is 11.1. The summed E-state index contributed by atoms with van der Waals surface area (Å²) < 4.78 is 32.6. The molecular formula is C29H35F2N5O3. The molecule has 2 heterocycles. The fourth-order valence-electron chi connectivity index (χ4n) is 5.16. The van der Waals surface area contributed by atoms with Gasteiger partial charge < -0.3 is 20.7 Å². The van der Waals surface area contributed by atoms with Crippen molar-refractivity contribution in [2.75, 3.05) is 23.9 Å². The number of hydrogen-bond donors (Lipinski definition) is 3. The third kappa shape index (κ3) is 7.19. The van der Waals surface area contributed by atoms with Crippen LogP contribution in [0.3, 0.4) is 0 Å². The highest BCUT2D eigenvalue weighted by molar-refractivity contribution is 6.12. The van der Waals surface area contributed by atoms with Gasteiger partial charge in [-0.1, -0.05) is 6.92 Å². The molecule has 2 amide bonds. The van der Waals surface area contributed by atoms with Crippen molar-refractivity contribution in [3.8, 4) is 0 Å². The number of nitrogens with zero attached hydrogens (tertiary/aromatic N) is 2. The maximum Gasteiger partial charge on any atom is 0.407 e. The van der Waals surface area contributed by atoms with E-state index in [1.807, 2.05) is 26.8 Å². The van der Waals surface area contributed by atoms with Crippen LogP contribution in [0.15, 0.2) is 42.9 Å². The van der Waals surface area contributed by atoms with E-state index >= 15 is 0 Å². The number of pyridine rings is 2. The number of carbonyl (C=O) groups is 2. The maximum absolute atomic E-state index is 14.6. The summed E-state index contributed by atoms with van der Waals surface area (Å²) in [6.07, 6.45) is 6.69. The molecule has 208 valence electrons. The Morgan fingerprint density at radius 2 is 1.92 bits per heavy atom. The van der Waals surface area contributed by atoms with Crippen LogP contribution in [0.5, 0.6) is 0 Å². The van der Waals surface area contributed by atoms with Crippen molar-refractivity contribution in [1.82, 2.24) is 15.3 Å². The third-order valence-corrected chi connectivity index (χ3v) is 6.67. The molecule has 3 N–H and O–H groups in total. The molecule has 1 aliphatic rings. The van der Waals surface area contributed by atoms with Gasteiger partial charge in [-0.25, -0.2) is 13.6 Å². The number of aromatic nitrogens is 2. The molecule has 2 aromatic heterocycles. The summed E-state index contributed by atoms with van der Waals surface area (Å²) in [7, 11) is 0. The van der Waals surface area contributed by atoms with E-state index in [1.165, 1.54) is 24.4 Å². The number of nitrogens with one attached hydrogen (secondary N) is 3. The van der Waals surface area contributed by atoms with Gasteiger partial charge in [-0.2, -0.15) is 0 Å². The van der Waals surface area contributed by atoms with Gasteiger partial charge in [0.25, 0.3) is 5.91 Å². The monoisotopic (exact) mass is 539 g/mol. The first-order chi connectivity index (χ1) is 18.5. The summed E-state index contributed by atoms with van der Waals surface area (Å²) in [4.78, 5) is 34.3. The van der Waals surface area contributed by atoms with Gasteiger partial charge in [0.15, 0.2) is 0 Å². The van der Waals surface area contributed by atoms with E-state index in [-0.39, 0.29) is 35.0 Å². The van der Waals surface area contributed by atoms with E-state index in [1.54, 1.807) is 12.4 Å². The minimum absolute atomic E-state index is 0.0687. The van der Waals surface area contributed by atoms with Crippen LogP contribution in [0.25, 0.3) is 10.9 Å². The maximum atomic E-state index is 14.6. The van der Waals surface area contributed by atoms with E-state index in [4.69, 9.17) is 4.74 Å². The molecule has 0 aliphatic heterocycles. The standard InChI is InChI=1S/C29H35F2N5O3/c1-17-11-18(13-19(12-17)35-28(38)39-29(2,3)4)21-7-9-32-16-25(21)36-27(37)22-5-6-24(31)23-14-20(33-10-8-30)15-34-26(22)23/h5-7,9,14-19,33H,8,10-13H2,1-4H3,(H,35,38)(H,36,37)/t17-,18+,19-/m0/s1. The van der Waals surface area contributed by atoms with Gasteiger partial charge in [0.05, 0.1) is 34.8 Å². The quantitative estimate of drug-likeness (QED) is 0.330. The van der Waals surface area contributed by atoms with Gasteiger partial charge in [-0.3, -0.25) is 14.8 Å². The van der Waals surface area contributed by atoms with Gasteiger partial charge in [-0.15, -0.1) is 0 Å². The van der Waals surface area contributed by atoms with Gasteiger partial charge in [0, 0.05) is 24.2 Å². The van der Waals surface area contributed by atoms with Gasteiger partial charge in [0.2, 0.25) is 0 Å². The Labute approximate surface area is 226 Å². The molecule has 4 rings (SSSR count). The van der Waals surface area contributed by atoms with Crippen LogP contribution < -0.4 is 16.0 Å². The number of anilines is 2. The number of halogens is 2. The number of fused-ring (bicyclic) bond motifs is 1. The lowest BCUT2D eigenvalue weighted by atomic mass is 9.76. The highest BCUT2D eigenvalue weighted by Gasteiger charge is 2.31. The Morgan fingerprint density at radius 1 is 1.13 bits per heavy atom. The predicted molar refractivity (Wildman–Crippen MR) is 147 cm³/mol. The molecule has 0 radical (unpaired) electrons. The molecule has 0 unspecified atom stereocenters. The lowest BCUT2D eigenvalue weighted by Crippen LogP contribution is -2.42. The van der Waals surface area contributed by atoms with Crippen molar-refractivity contribution in [2.45, 2.75) is 64.5 Å². The second kappa shape index (κ2) is 11.9. The predicted octanol–water partition coefficient (Wildman–Crippen LogP) is 6.20. The summed E-state index contributed by atoms with van der Waals surface area (Å²) in [5.74, 6) is -0.566. The highest BCUT2D eigenvalue weighted by atomic mass is 19.1. The first kappa shape index (κ1) is 28.2. The van der Waals surface area contributed by atoms with Crippen LogP contribution >= 0.6 is 0 Å². The highest BCUT2D eigenvalue weighted by Crippen LogP contribution is 2.39. The molecule has 0 bridgehead atoms. The molecule has 1 saturated carbocycles. The minimum atomic E-state index is -0.585. The fourth-order valence-corrected chi connectivity index (χ4v) is 5.16. The van der Waals surface area contributed by atoms with Gasteiger partial charge >= 0.3 is 6.09 Å². The van der Waals surface area contributed by atoms with E-state index in [9.17, 15) is 18.4 Å². The molecule has 39 heavy (non-hydrogen) atoms. The van der Waals surface area contributed by atoms with Crippen molar-refractivity contribution in [3.05, 3.63) is 59.8 Å². The molecule has 0 saturated heterocycles. The van der Waals surface area contributed by atoms with Crippen molar-refractivity contribution in [2.24, 2.45) is 5.92 Å². The van der Waals surface area contributed by atoms with Crippen molar-refractivity contribution < 1.29 is 23.1 Å². The second-order valence-electron chi connectivity index (χ2n) is 11.1. The summed E-state index contributed by atoms with van der Waals surface area (Å²) in [5.41, 5.74) is 1.76. The zero-order chi connectivity index (χ0) is 28.2. The average molecular weight is 540 g/mol. The van der Waals surface area contributed by atoms with Gasteiger partial charge in [0.1, 0.15) is 18.1 Å². The largest absolute Gasteiger partial charge is 0.444 e. The number of alkyl halides is 1. The Bertz CT molecular complexity index is 1340. The van der Waals surface area contributed by atoms with Crippen molar-refractivity contribution >= 4 is 34.3 Å². The molecule has 10 heteroatoms. The van der Waals surface area contributed by atoms with E-state index in [0.717, 1.165) is 18.4 Å². The van der Waals surface area contributed by atoms with Crippen LogP contribution in [0.2, 0.25) is 0 Å². The fraction of sp³-hybridized carbons (Fsp3) is 0.448. The molecular weight excluding hydrogens is 504 g/mol. The first-order valence-corrected chi connectivity index (χ1v) is 13.2. The molecule has 1 aliphatic carbocycles. The van der Waals surface area contributed by atoms with Crippen LogP contribution in [0.1, 0.15) is 68.8 Å². The Balaban J connectivity index is 1.55. The molecule has 3 atom stereocenters. The number of rotatable bonds is 7. The lowest BCUT2D eigenvalue weighted by molar-refractivity contribution is 0.0482. The number of amides is 2. The zero-order valence-corrected chi connectivity index (χ0v) is 22.7. The van der Waals surface area contributed by atoms with E-state index in [0.29, 0.717) is 23.7 Å². The summed E-state index contributed by atoms with van der Waals surface area (Å²) in [6.45, 7) is 7.12. The van der Waals surface area contributed by atoms with Gasteiger partial charge in [-0.05, 0) is 81.7 Å². The zero-order valence-electron chi connectivity index (χ0n) is 22.7. The van der Waals surface area contributed by atoms with Crippen LogP contribution in [-0.2, 0) is 4.74 Å². The first-order valence-electron chi connectivity index (χ1n) is 13.2. The molecule has 1 aromatic carbocycles.